The molecule has 0 spiro atoms. The maximum absolute atomic E-state index is 4.42. The van der Waals surface area contributed by atoms with Gasteiger partial charge in [0, 0.05) is 20.6 Å². The topological polar surface area (TPSA) is 33.1 Å². The summed E-state index contributed by atoms with van der Waals surface area (Å²) in [6.45, 7) is 7.46. The van der Waals surface area contributed by atoms with Gasteiger partial charge >= 0.3 is 0 Å². The summed E-state index contributed by atoms with van der Waals surface area (Å²) in [6, 6.07) is 0. The van der Waals surface area contributed by atoms with Gasteiger partial charge in [-0.3, -0.25) is 4.68 Å². The van der Waals surface area contributed by atoms with Crippen LogP contribution in [0.2, 0.25) is 0 Å². The quantitative estimate of drug-likeness (QED) is 0.677. The van der Waals surface area contributed by atoms with E-state index < -0.39 is 0 Å². The number of aryl methyl sites for hydroxylation is 2. The van der Waals surface area contributed by atoms with Crippen LogP contribution in [0.15, 0.2) is 0 Å². The highest BCUT2D eigenvalue weighted by Gasteiger charge is 2.33. The SMILES string of the molecule is Cc1nn(C)c2c1NCC(C)(C)N2C. The average molecular weight is 194 g/mol. The van der Waals surface area contributed by atoms with E-state index in [4.69, 9.17) is 0 Å². The van der Waals surface area contributed by atoms with Gasteiger partial charge in [-0.25, -0.2) is 0 Å². The molecule has 4 nitrogen and oxygen atoms in total. The number of nitrogens with one attached hydrogen (secondary N) is 1. The van der Waals surface area contributed by atoms with Crippen molar-refractivity contribution in [1.29, 1.82) is 0 Å². The van der Waals surface area contributed by atoms with E-state index in [1.54, 1.807) is 0 Å². The van der Waals surface area contributed by atoms with Crippen LogP contribution in [0.1, 0.15) is 19.5 Å². The van der Waals surface area contributed by atoms with Gasteiger partial charge in [-0.1, -0.05) is 0 Å². The van der Waals surface area contributed by atoms with Crippen LogP contribution >= 0.6 is 0 Å². The van der Waals surface area contributed by atoms with Gasteiger partial charge in [-0.15, -0.1) is 0 Å². The first-order valence-corrected chi connectivity index (χ1v) is 4.95. The Hall–Kier alpha value is -1.19. The highest BCUT2D eigenvalue weighted by Crippen LogP contribution is 2.36. The van der Waals surface area contributed by atoms with Crippen molar-refractivity contribution in [3.63, 3.8) is 0 Å². The van der Waals surface area contributed by atoms with Crippen molar-refractivity contribution in [2.75, 3.05) is 23.8 Å². The van der Waals surface area contributed by atoms with Crippen LogP contribution in [0.25, 0.3) is 0 Å². The van der Waals surface area contributed by atoms with E-state index in [0.29, 0.717) is 0 Å². The van der Waals surface area contributed by atoms with Crippen LogP contribution in [0, 0.1) is 6.92 Å². The Morgan fingerprint density at radius 3 is 2.64 bits per heavy atom. The fourth-order valence-electron chi connectivity index (χ4n) is 1.95. The molecule has 1 aromatic heterocycles. The van der Waals surface area contributed by atoms with Crippen molar-refractivity contribution in [3.8, 4) is 0 Å². The molecule has 0 radical (unpaired) electrons. The van der Waals surface area contributed by atoms with Gasteiger partial charge in [0.2, 0.25) is 0 Å². The molecular weight excluding hydrogens is 176 g/mol. The number of hydrogen-bond acceptors (Lipinski definition) is 3. The molecule has 1 N–H and O–H groups in total. The molecule has 0 aromatic carbocycles. The lowest BCUT2D eigenvalue weighted by atomic mass is 10.0. The summed E-state index contributed by atoms with van der Waals surface area (Å²) in [5.74, 6) is 1.18. The zero-order valence-corrected chi connectivity index (χ0v) is 9.55. The van der Waals surface area contributed by atoms with E-state index in [1.807, 2.05) is 18.7 Å². The summed E-state index contributed by atoms with van der Waals surface area (Å²) in [5, 5.41) is 7.87. The van der Waals surface area contributed by atoms with Crippen molar-refractivity contribution in [3.05, 3.63) is 5.69 Å². The van der Waals surface area contributed by atoms with Gasteiger partial charge in [0.05, 0.1) is 11.2 Å². The Labute approximate surface area is 84.9 Å². The third-order valence-corrected chi connectivity index (χ3v) is 3.12. The molecule has 4 heteroatoms. The van der Waals surface area contributed by atoms with Gasteiger partial charge in [-0.05, 0) is 20.8 Å². The van der Waals surface area contributed by atoms with Crippen LogP contribution in [-0.4, -0.2) is 28.9 Å². The van der Waals surface area contributed by atoms with E-state index in [-0.39, 0.29) is 5.54 Å². The second-order valence-electron chi connectivity index (χ2n) is 4.63. The molecule has 0 aliphatic carbocycles. The highest BCUT2D eigenvalue weighted by molar-refractivity contribution is 5.72. The number of nitrogens with zero attached hydrogens (tertiary/aromatic N) is 3. The molecule has 1 aromatic rings. The zero-order chi connectivity index (χ0) is 10.5. The number of anilines is 2. The Kier molecular flexibility index (Phi) is 1.77. The molecule has 0 unspecified atom stereocenters. The van der Waals surface area contributed by atoms with Gasteiger partial charge in [0.25, 0.3) is 0 Å². The lowest BCUT2D eigenvalue weighted by Gasteiger charge is -2.41. The minimum absolute atomic E-state index is 0.146. The van der Waals surface area contributed by atoms with E-state index in [9.17, 15) is 0 Å². The third-order valence-electron chi connectivity index (χ3n) is 3.12. The third kappa shape index (κ3) is 1.10. The molecule has 0 bridgehead atoms. The monoisotopic (exact) mass is 194 g/mol. The number of rotatable bonds is 0. The van der Waals surface area contributed by atoms with Gasteiger partial charge in [0.1, 0.15) is 5.69 Å². The van der Waals surface area contributed by atoms with Gasteiger partial charge in [-0.2, -0.15) is 5.10 Å². The Morgan fingerprint density at radius 2 is 2.00 bits per heavy atom. The zero-order valence-electron chi connectivity index (χ0n) is 9.55. The van der Waals surface area contributed by atoms with E-state index >= 15 is 0 Å². The van der Waals surface area contributed by atoms with E-state index in [2.05, 4.69) is 36.2 Å². The number of hydrogen-bond donors (Lipinski definition) is 1. The van der Waals surface area contributed by atoms with Crippen LogP contribution < -0.4 is 10.2 Å². The number of likely N-dealkylation sites (N-methyl/N-ethyl adjacent to an activating group) is 1. The number of aromatic nitrogens is 2. The van der Waals surface area contributed by atoms with Crippen LogP contribution in [-0.2, 0) is 7.05 Å². The number of fused-ring (bicyclic) bond motifs is 1. The fourth-order valence-corrected chi connectivity index (χ4v) is 1.95. The van der Waals surface area contributed by atoms with Crippen molar-refractivity contribution in [1.82, 2.24) is 9.78 Å². The Bertz CT molecular complexity index is 364. The maximum Gasteiger partial charge on any atom is 0.150 e. The predicted molar refractivity (Wildman–Crippen MR) is 58.9 cm³/mol. The molecular formula is C10H18N4. The normalized spacial score (nSPS) is 19.1. The fraction of sp³-hybridized carbons (Fsp3) is 0.700. The lowest BCUT2D eigenvalue weighted by Crippen LogP contribution is -2.50. The van der Waals surface area contributed by atoms with Crippen molar-refractivity contribution < 1.29 is 0 Å². The first-order chi connectivity index (χ1) is 6.43. The first-order valence-electron chi connectivity index (χ1n) is 4.95. The largest absolute Gasteiger partial charge is 0.378 e. The molecule has 14 heavy (non-hydrogen) atoms. The first kappa shape index (κ1) is 9.37. The Morgan fingerprint density at radius 1 is 1.36 bits per heavy atom. The summed E-state index contributed by atoms with van der Waals surface area (Å²) in [7, 11) is 4.12. The molecule has 0 saturated carbocycles. The molecule has 0 saturated heterocycles. The van der Waals surface area contributed by atoms with Crippen molar-refractivity contribution >= 4 is 11.5 Å². The molecule has 2 heterocycles. The van der Waals surface area contributed by atoms with Crippen LogP contribution in [0.3, 0.4) is 0 Å². The highest BCUT2D eigenvalue weighted by atomic mass is 15.4. The second kappa shape index (κ2) is 2.65. The van der Waals surface area contributed by atoms with Crippen LogP contribution in [0.4, 0.5) is 11.5 Å². The van der Waals surface area contributed by atoms with Crippen molar-refractivity contribution in [2.24, 2.45) is 7.05 Å². The van der Waals surface area contributed by atoms with Gasteiger partial charge < -0.3 is 10.2 Å². The summed E-state index contributed by atoms with van der Waals surface area (Å²) in [6.07, 6.45) is 0. The maximum atomic E-state index is 4.42. The van der Waals surface area contributed by atoms with E-state index in [1.165, 1.54) is 11.5 Å². The molecule has 0 atom stereocenters. The predicted octanol–water partition coefficient (Wildman–Crippen LogP) is 1.37. The molecule has 78 valence electrons. The molecule has 1 aliphatic heterocycles. The smallest absolute Gasteiger partial charge is 0.150 e. The minimum Gasteiger partial charge on any atom is -0.378 e. The second-order valence-corrected chi connectivity index (χ2v) is 4.63. The van der Waals surface area contributed by atoms with Crippen molar-refractivity contribution in [2.45, 2.75) is 26.3 Å². The van der Waals surface area contributed by atoms with Gasteiger partial charge in [0.15, 0.2) is 5.82 Å². The van der Waals surface area contributed by atoms with E-state index in [0.717, 1.165) is 12.2 Å². The average Bonchev–Trinajstić information content (AvgIpc) is 2.35. The summed E-state index contributed by atoms with van der Waals surface area (Å²) < 4.78 is 1.94. The van der Waals surface area contributed by atoms with Crippen LogP contribution in [0.5, 0.6) is 0 Å². The minimum atomic E-state index is 0.146. The summed E-state index contributed by atoms with van der Waals surface area (Å²) in [5.41, 5.74) is 2.40. The molecule has 2 rings (SSSR count). The molecule has 0 fully saturated rings. The summed E-state index contributed by atoms with van der Waals surface area (Å²) in [4.78, 5) is 2.29. The lowest BCUT2D eigenvalue weighted by molar-refractivity contribution is 0.489. The Balaban J connectivity index is 2.55. The standard InChI is InChI=1S/C10H18N4/c1-7-8-9(14(5)12-7)13(4)10(2,3)6-11-8/h11H,6H2,1-5H3. The molecule has 0 amide bonds. The molecule has 1 aliphatic rings. The summed E-state index contributed by atoms with van der Waals surface area (Å²) >= 11 is 0.